The third-order valence-corrected chi connectivity index (χ3v) is 2.04. The third-order valence-electron chi connectivity index (χ3n) is 2.04. The third kappa shape index (κ3) is 2.67. The van der Waals surface area contributed by atoms with E-state index < -0.39 is 0 Å². The van der Waals surface area contributed by atoms with Crippen molar-refractivity contribution in [1.82, 2.24) is 5.32 Å². The lowest BCUT2D eigenvalue weighted by Crippen LogP contribution is -2.11. The van der Waals surface area contributed by atoms with Gasteiger partial charge in [0.1, 0.15) is 6.29 Å². The number of hydrogen-bond donors (Lipinski definition) is 1. The summed E-state index contributed by atoms with van der Waals surface area (Å²) in [7, 11) is 0. The number of nitrogens with one attached hydrogen (secondary N) is 1. The predicted octanol–water partition coefficient (Wildman–Crippen LogP) is 1.92. The quantitative estimate of drug-likeness (QED) is 0.712. The second kappa shape index (κ2) is 4.77. The van der Waals surface area contributed by atoms with Crippen LogP contribution in [0.5, 0.6) is 0 Å². The van der Waals surface area contributed by atoms with Gasteiger partial charge in [-0.3, -0.25) is 4.79 Å². The Morgan fingerprint density at radius 2 is 2.23 bits per heavy atom. The van der Waals surface area contributed by atoms with Gasteiger partial charge in [-0.15, -0.1) is 0 Å². The van der Waals surface area contributed by atoms with Gasteiger partial charge in [-0.1, -0.05) is 25.1 Å². The Kier molecular flexibility index (Phi) is 3.65. The number of carbonyl (C=O) groups excluding carboxylic acids is 1. The van der Waals surface area contributed by atoms with Gasteiger partial charge in [-0.25, -0.2) is 0 Å². The first-order chi connectivity index (χ1) is 6.27. The van der Waals surface area contributed by atoms with E-state index in [0.717, 1.165) is 30.5 Å². The smallest absolute Gasteiger partial charge is 0.150 e. The normalized spacial score (nSPS) is 10.0. The molecule has 0 aliphatic carbocycles. The second-order valence-electron chi connectivity index (χ2n) is 3.09. The van der Waals surface area contributed by atoms with Gasteiger partial charge < -0.3 is 5.32 Å². The standard InChI is InChI=1S/C11H15NO/c1-3-12-7-10-4-5-11(8-13)9(2)6-10/h4-6,8,12H,3,7H2,1-2H3. The van der Waals surface area contributed by atoms with E-state index in [1.807, 2.05) is 25.1 Å². The summed E-state index contributed by atoms with van der Waals surface area (Å²) in [4.78, 5) is 10.5. The predicted molar refractivity (Wildman–Crippen MR) is 53.9 cm³/mol. The van der Waals surface area contributed by atoms with Crippen LogP contribution in [-0.4, -0.2) is 12.8 Å². The molecular weight excluding hydrogens is 162 g/mol. The summed E-state index contributed by atoms with van der Waals surface area (Å²) < 4.78 is 0. The van der Waals surface area contributed by atoms with Crippen LogP contribution in [0.3, 0.4) is 0 Å². The van der Waals surface area contributed by atoms with Crippen LogP contribution in [0.4, 0.5) is 0 Å². The van der Waals surface area contributed by atoms with Crippen LogP contribution in [0, 0.1) is 6.92 Å². The minimum Gasteiger partial charge on any atom is -0.313 e. The lowest BCUT2D eigenvalue weighted by atomic mass is 10.1. The highest BCUT2D eigenvalue weighted by molar-refractivity contribution is 5.77. The number of benzene rings is 1. The van der Waals surface area contributed by atoms with E-state index in [-0.39, 0.29) is 0 Å². The molecule has 2 nitrogen and oxygen atoms in total. The van der Waals surface area contributed by atoms with Crippen LogP contribution in [0.25, 0.3) is 0 Å². The van der Waals surface area contributed by atoms with E-state index in [9.17, 15) is 4.79 Å². The van der Waals surface area contributed by atoms with Crippen LogP contribution in [0.2, 0.25) is 0 Å². The summed E-state index contributed by atoms with van der Waals surface area (Å²) in [6, 6.07) is 5.90. The molecule has 0 heterocycles. The van der Waals surface area contributed by atoms with Gasteiger partial charge in [0.05, 0.1) is 0 Å². The summed E-state index contributed by atoms with van der Waals surface area (Å²) in [5.74, 6) is 0. The Morgan fingerprint density at radius 1 is 1.46 bits per heavy atom. The zero-order valence-electron chi connectivity index (χ0n) is 8.13. The van der Waals surface area contributed by atoms with Crippen LogP contribution in [0.1, 0.15) is 28.4 Å². The molecule has 0 aromatic heterocycles. The Labute approximate surface area is 79.0 Å². The van der Waals surface area contributed by atoms with Gasteiger partial charge in [0.2, 0.25) is 0 Å². The molecule has 0 unspecified atom stereocenters. The highest BCUT2D eigenvalue weighted by Crippen LogP contribution is 2.08. The second-order valence-corrected chi connectivity index (χ2v) is 3.09. The van der Waals surface area contributed by atoms with E-state index in [4.69, 9.17) is 0 Å². The molecule has 1 rings (SSSR count). The van der Waals surface area contributed by atoms with E-state index in [1.54, 1.807) is 0 Å². The van der Waals surface area contributed by atoms with Gasteiger partial charge in [-0.2, -0.15) is 0 Å². The Morgan fingerprint density at radius 3 is 2.77 bits per heavy atom. The molecule has 1 aromatic rings. The first-order valence-corrected chi connectivity index (χ1v) is 4.53. The lowest BCUT2D eigenvalue weighted by molar-refractivity contribution is 0.112. The maximum absolute atomic E-state index is 10.5. The van der Waals surface area contributed by atoms with E-state index >= 15 is 0 Å². The molecule has 0 radical (unpaired) electrons. The van der Waals surface area contributed by atoms with Crippen molar-refractivity contribution in [2.75, 3.05) is 6.54 Å². The van der Waals surface area contributed by atoms with Crippen molar-refractivity contribution in [2.45, 2.75) is 20.4 Å². The maximum atomic E-state index is 10.5. The van der Waals surface area contributed by atoms with Crippen molar-refractivity contribution in [1.29, 1.82) is 0 Å². The zero-order chi connectivity index (χ0) is 9.68. The Bertz CT molecular complexity index is 294. The highest BCUT2D eigenvalue weighted by atomic mass is 16.1. The molecule has 0 fully saturated rings. The topological polar surface area (TPSA) is 29.1 Å². The number of carbonyl (C=O) groups is 1. The maximum Gasteiger partial charge on any atom is 0.150 e. The van der Waals surface area contributed by atoms with Gasteiger partial charge in [0.25, 0.3) is 0 Å². The van der Waals surface area contributed by atoms with Crippen molar-refractivity contribution in [3.63, 3.8) is 0 Å². The zero-order valence-corrected chi connectivity index (χ0v) is 8.13. The van der Waals surface area contributed by atoms with Crippen LogP contribution >= 0.6 is 0 Å². The lowest BCUT2D eigenvalue weighted by Gasteiger charge is -2.04. The molecule has 0 spiro atoms. The largest absolute Gasteiger partial charge is 0.313 e. The molecule has 0 amide bonds. The molecule has 70 valence electrons. The summed E-state index contributed by atoms with van der Waals surface area (Å²) in [5, 5.41) is 3.24. The molecule has 2 heteroatoms. The van der Waals surface area contributed by atoms with Gasteiger partial charge in [-0.05, 0) is 24.6 Å². The molecule has 0 atom stereocenters. The first kappa shape index (κ1) is 9.93. The number of hydrogen-bond acceptors (Lipinski definition) is 2. The van der Waals surface area contributed by atoms with Crippen molar-refractivity contribution in [3.05, 3.63) is 34.9 Å². The average molecular weight is 177 g/mol. The van der Waals surface area contributed by atoms with Crippen LogP contribution in [0.15, 0.2) is 18.2 Å². The van der Waals surface area contributed by atoms with Crippen molar-refractivity contribution < 1.29 is 4.79 Å². The average Bonchev–Trinajstić information content (AvgIpc) is 2.15. The summed E-state index contributed by atoms with van der Waals surface area (Å²) in [5.41, 5.74) is 3.05. The van der Waals surface area contributed by atoms with Gasteiger partial charge >= 0.3 is 0 Å². The molecule has 13 heavy (non-hydrogen) atoms. The van der Waals surface area contributed by atoms with E-state index in [2.05, 4.69) is 12.2 Å². The SMILES string of the molecule is CCNCc1ccc(C=O)c(C)c1. The summed E-state index contributed by atoms with van der Waals surface area (Å²) in [6.07, 6.45) is 0.895. The number of aryl methyl sites for hydroxylation is 1. The van der Waals surface area contributed by atoms with E-state index in [0.29, 0.717) is 0 Å². The monoisotopic (exact) mass is 177 g/mol. The van der Waals surface area contributed by atoms with Crippen molar-refractivity contribution >= 4 is 6.29 Å². The highest BCUT2D eigenvalue weighted by Gasteiger charge is 1.97. The molecule has 1 aromatic carbocycles. The molecule has 0 saturated heterocycles. The molecule has 0 aliphatic rings. The molecule has 0 saturated carbocycles. The molecular formula is C11H15NO. The summed E-state index contributed by atoms with van der Waals surface area (Å²) >= 11 is 0. The fourth-order valence-electron chi connectivity index (χ4n) is 1.25. The van der Waals surface area contributed by atoms with E-state index in [1.165, 1.54) is 5.56 Å². The van der Waals surface area contributed by atoms with Gasteiger partial charge in [0, 0.05) is 12.1 Å². The number of rotatable bonds is 4. The fourth-order valence-corrected chi connectivity index (χ4v) is 1.25. The Hall–Kier alpha value is -1.15. The van der Waals surface area contributed by atoms with Crippen molar-refractivity contribution in [2.24, 2.45) is 0 Å². The van der Waals surface area contributed by atoms with Gasteiger partial charge in [0.15, 0.2) is 0 Å². The first-order valence-electron chi connectivity index (χ1n) is 4.53. The molecule has 0 bridgehead atoms. The minimum absolute atomic E-state index is 0.778. The minimum atomic E-state index is 0.778. The van der Waals surface area contributed by atoms with Crippen molar-refractivity contribution in [3.8, 4) is 0 Å². The molecule has 1 N–H and O–H groups in total. The molecule has 0 aliphatic heterocycles. The van der Waals surface area contributed by atoms with Crippen LogP contribution in [-0.2, 0) is 6.54 Å². The number of aldehydes is 1. The Balaban J connectivity index is 2.77. The van der Waals surface area contributed by atoms with Crippen LogP contribution < -0.4 is 5.32 Å². The summed E-state index contributed by atoms with van der Waals surface area (Å²) in [6.45, 7) is 5.87. The fraction of sp³-hybridized carbons (Fsp3) is 0.364.